The second kappa shape index (κ2) is 8.44. The SMILES string of the molecule is CC(Oc1ccccc1Cl)C(=O)N1CCN(c2ccc(-n3cncn3)nn2)CC1. The molecule has 1 amide bonds. The molecule has 1 aliphatic heterocycles. The minimum absolute atomic E-state index is 0.0582. The van der Waals surface area contributed by atoms with Gasteiger partial charge < -0.3 is 14.5 Å². The standard InChI is InChI=1S/C19H20ClN7O2/c1-14(29-16-5-3-2-4-15(16)20)19(28)26-10-8-25(9-11-26)17-6-7-18(24-23-17)27-13-21-12-22-27/h2-7,12-14H,8-11H2,1H3. The molecule has 1 saturated heterocycles. The number of carbonyl (C=O) groups is 1. The van der Waals surface area contributed by atoms with E-state index in [1.165, 1.54) is 6.33 Å². The average Bonchev–Trinajstić information content (AvgIpc) is 3.30. The number of halogens is 1. The van der Waals surface area contributed by atoms with Crippen LogP contribution >= 0.6 is 11.6 Å². The Hall–Kier alpha value is -3.20. The predicted octanol–water partition coefficient (Wildman–Crippen LogP) is 1.83. The fourth-order valence-corrected chi connectivity index (χ4v) is 3.31. The third-order valence-electron chi connectivity index (χ3n) is 4.69. The van der Waals surface area contributed by atoms with E-state index in [1.54, 1.807) is 35.0 Å². The minimum atomic E-state index is -0.608. The van der Waals surface area contributed by atoms with Crippen LogP contribution in [0, 0.1) is 0 Å². The number of rotatable bonds is 5. The molecular formula is C19H20ClN7O2. The van der Waals surface area contributed by atoms with Crippen molar-refractivity contribution in [1.82, 2.24) is 29.9 Å². The van der Waals surface area contributed by atoms with Crippen molar-refractivity contribution in [3.05, 3.63) is 54.1 Å². The van der Waals surface area contributed by atoms with Crippen molar-refractivity contribution in [2.45, 2.75) is 13.0 Å². The molecule has 0 radical (unpaired) electrons. The van der Waals surface area contributed by atoms with E-state index in [2.05, 4.69) is 25.2 Å². The van der Waals surface area contributed by atoms with Gasteiger partial charge in [-0.25, -0.2) is 9.67 Å². The lowest BCUT2D eigenvalue weighted by molar-refractivity contribution is -0.138. The molecule has 1 aromatic carbocycles. The van der Waals surface area contributed by atoms with Crippen molar-refractivity contribution >= 4 is 23.3 Å². The van der Waals surface area contributed by atoms with Gasteiger partial charge in [0.2, 0.25) is 0 Å². The second-order valence-electron chi connectivity index (χ2n) is 6.59. The molecule has 1 atom stereocenters. The summed E-state index contributed by atoms with van der Waals surface area (Å²) in [6.45, 7) is 4.25. The molecule has 1 fully saturated rings. The minimum Gasteiger partial charge on any atom is -0.479 e. The molecule has 1 unspecified atom stereocenters. The molecule has 0 aliphatic carbocycles. The molecule has 10 heteroatoms. The number of anilines is 1. The molecule has 1 aliphatic rings. The van der Waals surface area contributed by atoms with Gasteiger partial charge in [-0.2, -0.15) is 5.10 Å². The van der Waals surface area contributed by atoms with E-state index >= 15 is 0 Å². The van der Waals surface area contributed by atoms with Crippen LogP contribution in [0.3, 0.4) is 0 Å². The van der Waals surface area contributed by atoms with E-state index in [4.69, 9.17) is 16.3 Å². The highest BCUT2D eigenvalue weighted by Crippen LogP contribution is 2.24. The van der Waals surface area contributed by atoms with Gasteiger partial charge in [-0.15, -0.1) is 10.2 Å². The van der Waals surface area contributed by atoms with E-state index < -0.39 is 6.10 Å². The Kier molecular flexibility index (Phi) is 5.57. The van der Waals surface area contributed by atoms with Crippen LogP contribution in [0.15, 0.2) is 49.1 Å². The Morgan fingerprint density at radius 1 is 1.07 bits per heavy atom. The molecule has 0 bridgehead atoms. The Labute approximate surface area is 172 Å². The summed E-state index contributed by atoms with van der Waals surface area (Å²) in [5.74, 6) is 1.82. The Balaban J connectivity index is 1.33. The first-order valence-electron chi connectivity index (χ1n) is 9.25. The van der Waals surface area contributed by atoms with Crippen LogP contribution in [-0.4, -0.2) is 68.1 Å². The number of piperazine rings is 1. The zero-order valence-corrected chi connectivity index (χ0v) is 16.6. The van der Waals surface area contributed by atoms with E-state index in [0.29, 0.717) is 42.8 Å². The highest BCUT2D eigenvalue weighted by atomic mass is 35.5. The average molecular weight is 414 g/mol. The number of carbonyl (C=O) groups excluding carboxylic acids is 1. The van der Waals surface area contributed by atoms with Gasteiger partial charge in [0.05, 0.1) is 5.02 Å². The summed E-state index contributed by atoms with van der Waals surface area (Å²) in [5.41, 5.74) is 0. The quantitative estimate of drug-likeness (QED) is 0.630. The van der Waals surface area contributed by atoms with Crippen LogP contribution in [0.2, 0.25) is 5.02 Å². The summed E-state index contributed by atoms with van der Waals surface area (Å²) < 4.78 is 7.30. The third-order valence-corrected chi connectivity index (χ3v) is 5.01. The summed E-state index contributed by atoms with van der Waals surface area (Å²) in [6.07, 6.45) is 2.41. The molecule has 29 heavy (non-hydrogen) atoms. The highest BCUT2D eigenvalue weighted by molar-refractivity contribution is 6.32. The maximum Gasteiger partial charge on any atom is 0.263 e. The summed E-state index contributed by atoms with van der Waals surface area (Å²) in [5, 5.41) is 13.0. The number of para-hydroxylation sites is 1. The first-order chi connectivity index (χ1) is 14.1. The van der Waals surface area contributed by atoms with Crippen LogP contribution in [0.4, 0.5) is 5.82 Å². The number of benzene rings is 1. The zero-order valence-electron chi connectivity index (χ0n) is 15.8. The van der Waals surface area contributed by atoms with Crippen molar-refractivity contribution in [2.24, 2.45) is 0 Å². The molecule has 0 spiro atoms. The van der Waals surface area contributed by atoms with E-state index in [1.807, 2.05) is 24.3 Å². The lowest BCUT2D eigenvalue weighted by Gasteiger charge is -2.36. The van der Waals surface area contributed by atoms with Crippen LogP contribution in [0.25, 0.3) is 5.82 Å². The number of nitrogens with zero attached hydrogens (tertiary/aromatic N) is 7. The van der Waals surface area contributed by atoms with Gasteiger partial charge in [-0.3, -0.25) is 4.79 Å². The van der Waals surface area contributed by atoms with Gasteiger partial charge >= 0.3 is 0 Å². The lowest BCUT2D eigenvalue weighted by Crippen LogP contribution is -2.52. The van der Waals surface area contributed by atoms with Gasteiger partial charge in [0.25, 0.3) is 5.91 Å². The molecule has 2 aromatic heterocycles. The van der Waals surface area contributed by atoms with E-state index in [9.17, 15) is 4.79 Å². The maximum atomic E-state index is 12.7. The molecule has 9 nitrogen and oxygen atoms in total. The molecule has 3 heterocycles. The summed E-state index contributed by atoms with van der Waals surface area (Å²) in [6, 6.07) is 10.9. The van der Waals surface area contributed by atoms with E-state index in [0.717, 1.165) is 5.82 Å². The van der Waals surface area contributed by atoms with Gasteiger partial charge in [-0.1, -0.05) is 23.7 Å². The fraction of sp³-hybridized carbons (Fsp3) is 0.316. The number of amides is 1. The maximum absolute atomic E-state index is 12.7. The Bertz CT molecular complexity index is 957. The van der Waals surface area contributed by atoms with Crippen LogP contribution in [0.5, 0.6) is 5.75 Å². The first kappa shape index (κ1) is 19.1. The van der Waals surface area contributed by atoms with Crippen molar-refractivity contribution in [1.29, 1.82) is 0 Å². The normalized spacial score (nSPS) is 15.2. The lowest BCUT2D eigenvalue weighted by atomic mass is 10.2. The molecule has 150 valence electrons. The Morgan fingerprint density at radius 2 is 1.79 bits per heavy atom. The van der Waals surface area contributed by atoms with Crippen molar-refractivity contribution < 1.29 is 9.53 Å². The molecule has 0 N–H and O–H groups in total. The van der Waals surface area contributed by atoms with Gasteiger partial charge in [0.1, 0.15) is 18.4 Å². The van der Waals surface area contributed by atoms with Gasteiger partial charge in [-0.05, 0) is 31.2 Å². The van der Waals surface area contributed by atoms with Crippen molar-refractivity contribution in [3.8, 4) is 11.6 Å². The largest absolute Gasteiger partial charge is 0.479 e. The van der Waals surface area contributed by atoms with E-state index in [-0.39, 0.29) is 5.91 Å². The zero-order chi connectivity index (χ0) is 20.2. The van der Waals surface area contributed by atoms with Crippen molar-refractivity contribution in [2.75, 3.05) is 31.1 Å². The molecule has 4 rings (SSSR count). The monoisotopic (exact) mass is 413 g/mol. The second-order valence-corrected chi connectivity index (χ2v) is 7.00. The molecule has 0 saturated carbocycles. The number of ether oxygens (including phenoxy) is 1. The summed E-state index contributed by atoms with van der Waals surface area (Å²) in [7, 11) is 0. The van der Waals surface area contributed by atoms with Gasteiger partial charge in [0.15, 0.2) is 17.7 Å². The predicted molar refractivity (Wildman–Crippen MR) is 107 cm³/mol. The van der Waals surface area contributed by atoms with Crippen LogP contribution in [-0.2, 0) is 4.79 Å². The Morgan fingerprint density at radius 3 is 2.45 bits per heavy atom. The number of hydrogen-bond acceptors (Lipinski definition) is 7. The topological polar surface area (TPSA) is 89.3 Å². The first-order valence-corrected chi connectivity index (χ1v) is 9.63. The molecular weight excluding hydrogens is 394 g/mol. The van der Waals surface area contributed by atoms with Gasteiger partial charge in [0, 0.05) is 26.2 Å². The number of hydrogen-bond donors (Lipinski definition) is 0. The smallest absolute Gasteiger partial charge is 0.263 e. The third kappa shape index (κ3) is 4.29. The highest BCUT2D eigenvalue weighted by Gasteiger charge is 2.27. The fourth-order valence-electron chi connectivity index (χ4n) is 3.13. The molecule has 3 aromatic rings. The summed E-state index contributed by atoms with van der Waals surface area (Å²) >= 11 is 6.11. The number of aromatic nitrogens is 5. The summed E-state index contributed by atoms with van der Waals surface area (Å²) in [4.78, 5) is 20.5. The van der Waals surface area contributed by atoms with Crippen LogP contribution in [0.1, 0.15) is 6.92 Å². The van der Waals surface area contributed by atoms with Crippen molar-refractivity contribution in [3.63, 3.8) is 0 Å². The van der Waals surface area contributed by atoms with Crippen LogP contribution < -0.4 is 9.64 Å².